The number of rotatable bonds is 5. The molecule has 1 aromatic carbocycles. The van der Waals surface area contributed by atoms with Gasteiger partial charge in [-0.3, -0.25) is 4.79 Å². The van der Waals surface area contributed by atoms with Crippen LogP contribution >= 0.6 is 0 Å². The quantitative estimate of drug-likeness (QED) is 0.753. The molecule has 1 spiro atoms. The van der Waals surface area contributed by atoms with Crippen LogP contribution in [-0.4, -0.2) is 53.6 Å². The molecule has 1 aromatic heterocycles. The van der Waals surface area contributed by atoms with Gasteiger partial charge in [0.2, 0.25) is 23.6 Å². The highest BCUT2D eigenvalue weighted by atomic mass is 16.5. The zero-order valence-electron chi connectivity index (χ0n) is 18.1. The van der Waals surface area contributed by atoms with Gasteiger partial charge in [-0.1, -0.05) is 29.8 Å². The second kappa shape index (κ2) is 8.50. The van der Waals surface area contributed by atoms with Gasteiger partial charge in [0.05, 0.1) is 20.3 Å². The van der Waals surface area contributed by atoms with Gasteiger partial charge in [-0.05, 0) is 38.2 Å². The van der Waals surface area contributed by atoms with Gasteiger partial charge >= 0.3 is 0 Å². The van der Waals surface area contributed by atoms with E-state index in [0.29, 0.717) is 30.7 Å². The highest BCUT2D eigenvalue weighted by molar-refractivity contribution is 5.79. The Bertz CT molecular complexity index is 880. The number of amides is 1. The van der Waals surface area contributed by atoms with E-state index in [2.05, 4.69) is 51.0 Å². The molecule has 2 aliphatic heterocycles. The molecule has 2 aliphatic rings. The predicted octanol–water partition coefficient (Wildman–Crippen LogP) is 3.35. The molecule has 2 fully saturated rings. The van der Waals surface area contributed by atoms with Crippen LogP contribution in [0, 0.1) is 6.92 Å². The van der Waals surface area contributed by atoms with Crippen molar-refractivity contribution in [2.45, 2.75) is 51.1 Å². The molecule has 7 heteroatoms. The average Bonchev–Trinajstić information content (AvgIpc) is 2.93. The van der Waals surface area contributed by atoms with Gasteiger partial charge in [0.15, 0.2) is 0 Å². The van der Waals surface area contributed by atoms with Crippen LogP contribution in [0.3, 0.4) is 0 Å². The van der Waals surface area contributed by atoms with Crippen LogP contribution in [0.2, 0.25) is 0 Å². The number of nitrogens with zero attached hydrogens (tertiary/aromatic N) is 4. The van der Waals surface area contributed by atoms with Crippen LogP contribution < -0.4 is 14.4 Å². The molecule has 30 heavy (non-hydrogen) atoms. The fourth-order valence-corrected chi connectivity index (χ4v) is 4.65. The number of aryl methyl sites for hydroxylation is 1. The Morgan fingerprint density at radius 2 is 1.70 bits per heavy atom. The molecule has 2 saturated heterocycles. The van der Waals surface area contributed by atoms with Crippen molar-refractivity contribution in [1.29, 1.82) is 0 Å². The summed E-state index contributed by atoms with van der Waals surface area (Å²) in [7, 11) is 3.19. The van der Waals surface area contributed by atoms with E-state index in [9.17, 15) is 4.79 Å². The number of likely N-dealkylation sites (tertiary alicyclic amines) is 1. The molecule has 0 radical (unpaired) electrons. The number of hydrogen-bond acceptors (Lipinski definition) is 6. The lowest BCUT2D eigenvalue weighted by atomic mass is 9.87. The number of carbonyl (C=O) groups excluding carboxylic acids is 1. The molecular weight excluding hydrogens is 380 g/mol. The second-order valence-corrected chi connectivity index (χ2v) is 8.28. The summed E-state index contributed by atoms with van der Waals surface area (Å²) in [5.41, 5.74) is 2.34. The Balaban J connectivity index is 1.53. The summed E-state index contributed by atoms with van der Waals surface area (Å²) < 4.78 is 10.6. The van der Waals surface area contributed by atoms with E-state index in [1.807, 2.05) is 0 Å². The Kier molecular flexibility index (Phi) is 5.79. The molecule has 0 bridgehead atoms. The lowest BCUT2D eigenvalue weighted by Crippen LogP contribution is -2.46. The lowest BCUT2D eigenvalue weighted by molar-refractivity contribution is -0.132. The van der Waals surface area contributed by atoms with Crippen LogP contribution in [-0.2, 0) is 11.3 Å². The molecule has 2 aromatic rings. The number of aromatic nitrogens is 2. The smallest absolute Gasteiger partial charge is 0.231 e. The van der Waals surface area contributed by atoms with Gasteiger partial charge in [0.25, 0.3) is 0 Å². The van der Waals surface area contributed by atoms with Crippen molar-refractivity contribution < 1.29 is 14.3 Å². The Morgan fingerprint density at radius 1 is 1.00 bits per heavy atom. The maximum atomic E-state index is 12.8. The summed E-state index contributed by atoms with van der Waals surface area (Å²) in [5.74, 6) is 1.88. The molecule has 160 valence electrons. The highest BCUT2D eigenvalue weighted by Gasteiger charge is 2.45. The van der Waals surface area contributed by atoms with E-state index in [-0.39, 0.29) is 11.4 Å². The van der Waals surface area contributed by atoms with Crippen molar-refractivity contribution in [2.75, 3.05) is 32.2 Å². The third-order valence-electron chi connectivity index (χ3n) is 6.42. The van der Waals surface area contributed by atoms with Crippen molar-refractivity contribution in [3.63, 3.8) is 0 Å². The normalized spacial score (nSPS) is 21.8. The molecule has 1 atom stereocenters. The first-order valence-corrected chi connectivity index (χ1v) is 10.6. The summed E-state index contributed by atoms with van der Waals surface area (Å²) in [4.78, 5) is 26.2. The monoisotopic (exact) mass is 410 g/mol. The minimum absolute atomic E-state index is 0.0837. The molecular formula is C23H30N4O3. The third kappa shape index (κ3) is 4.06. The largest absolute Gasteiger partial charge is 0.481 e. The van der Waals surface area contributed by atoms with E-state index in [1.165, 1.54) is 11.1 Å². The van der Waals surface area contributed by atoms with Gasteiger partial charge in [-0.25, -0.2) is 0 Å². The van der Waals surface area contributed by atoms with Crippen LogP contribution in [0.5, 0.6) is 11.8 Å². The third-order valence-corrected chi connectivity index (χ3v) is 6.42. The zero-order chi connectivity index (χ0) is 21.1. The molecule has 0 saturated carbocycles. The fourth-order valence-electron chi connectivity index (χ4n) is 4.65. The van der Waals surface area contributed by atoms with Crippen molar-refractivity contribution in [3.05, 3.63) is 41.5 Å². The first-order valence-electron chi connectivity index (χ1n) is 10.6. The van der Waals surface area contributed by atoms with Crippen LogP contribution in [0.4, 0.5) is 5.95 Å². The molecule has 4 rings (SSSR count). The molecule has 0 N–H and O–H groups in total. The summed E-state index contributed by atoms with van der Waals surface area (Å²) in [5, 5.41) is 0. The van der Waals surface area contributed by atoms with Crippen LogP contribution in [0.25, 0.3) is 0 Å². The van der Waals surface area contributed by atoms with Crippen LogP contribution in [0.1, 0.15) is 43.2 Å². The maximum absolute atomic E-state index is 12.8. The molecule has 3 heterocycles. The fraction of sp³-hybridized carbons (Fsp3) is 0.522. The number of benzene rings is 1. The molecule has 7 nitrogen and oxygen atoms in total. The van der Waals surface area contributed by atoms with E-state index >= 15 is 0 Å². The predicted molar refractivity (Wildman–Crippen MR) is 115 cm³/mol. The average molecular weight is 411 g/mol. The van der Waals surface area contributed by atoms with Gasteiger partial charge in [-0.2, -0.15) is 9.97 Å². The molecule has 1 amide bonds. The summed E-state index contributed by atoms with van der Waals surface area (Å²) >= 11 is 0. The van der Waals surface area contributed by atoms with Gasteiger partial charge in [0, 0.05) is 31.6 Å². The second-order valence-electron chi connectivity index (χ2n) is 8.28. The Labute approximate surface area is 178 Å². The van der Waals surface area contributed by atoms with E-state index < -0.39 is 0 Å². The summed E-state index contributed by atoms with van der Waals surface area (Å²) in [6.07, 6.45) is 4.46. The first-order chi connectivity index (χ1) is 14.5. The molecule has 0 unspecified atom stereocenters. The van der Waals surface area contributed by atoms with E-state index in [4.69, 9.17) is 9.47 Å². The Morgan fingerprint density at radius 3 is 2.37 bits per heavy atom. The van der Waals surface area contributed by atoms with Crippen molar-refractivity contribution >= 4 is 11.9 Å². The Hall–Kier alpha value is -2.83. The first kappa shape index (κ1) is 20.4. The van der Waals surface area contributed by atoms with Gasteiger partial charge in [0.1, 0.15) is 0 Å². The summed E-state index contributed by atoms with van der Waals surface area (Å²) in [6.45, 7) is 4.42. The van der Waals surface area contributed by atoms with Gasteiger partial charge < -0.3 is 19.3 Å². The van der Waals surface area contributed by atoms with Crippen molar-refractivity contribution in [3.8, 4) is 11.8 Å². The molecule has 0 aliphatic carbocycles. The van der Waals surface area contributed by atoms with Crippen LogP contribution in [0.15, 0.2) is 30.3 Å². The number of hydrogen-bond donors (Lipinski definition) is 0. The lowest BCUT2D eigenvalue weighted by Gasteiger charge is -2.38. The van der Waals surface area contributed by atoms with E-state index in [1.54, 1.807) is 20.3 Å². The SMILES string of the molecule is COc1cc(OC)nc(N2CCC[C@@]3(CCC(=O)N3Cc3ccc(C)cc3)CC2)n1. The number of carbonyl (C=O) groups is 1. The number of ether oxygens (including phenoxy) is 2. The number of methoxy groups -OCH3 is 2. The maximum Gasteiger partial charge on any atom is 0.231 e. The standard InChI is InChI=1S/C23H30N4O3/c1-17-5-7-18(8-6-17)16-27-21(28)9-11-23(27)10-4-13-26(14-12-23)22-24-19(29-2)15-20(25-22)30-3/h5-8,15H,4,9-14,16H2,1-3H3/t23-/m1/s1. The summed E-state index contributed by atoms with van der Waals surface area (Å²) in [6, 6.07) is 10.2. The number of anilines is 1. The minimum Gasteiger partial charge on any atom is -0.481 e. The van der Waals surface area contributed by atoms with Crippen molar-refractivity contribution in [1.82, 2.24) is 14.9 Å². The zero-order valence-corrected chi connectivity index (χ0v) is 18.1. The van der Waals surface area contributed by atoms with Crippen molar-refractivity contribution in [2.24, 2.45) is 0 Å². The minimum atomic E-state index is -0.0837. The highest BCUT2D eigenvalue weighted by Crippen LogP contribution is 2.40. The van der Waals surface area contributed by atoms with E-state index in [0.717, 1.165) is 38.8 Å². The topological polar surface area (TPSA) is 67.8 Å². The van der Waals surface area contributed by atoms with Gasteiger partial charge in [-0.15, -0.1) is 0 Å².